The first-order valence-corrected chi connectivity index (χ1v) is 3.85. The van der Waals surface area contributed by atoms with E-state index in [1.165, 1.54) is 12.1 Å². The molecular formula is C7H4BrF2NO. The molecule has 0 radical (unpaired) electrons. The SMILES string of the molecule is O=Nc1ccc(Br)c(C(F)F)c1. The minimum absolute atomic E-state index is 0.00787. The Bertz CT molecular complexity index is 303. The summed E-state index contributed by atoms with van der Waals surface area (Å²) in [6, 6.07) is 3.79. The van der Waals surface area contributed by atoms with Crippen molar-refractivity contribution in [1.29, 1.82) is 0 Å². The van der Waals surface area contributed by atoms with E-state index in [-0.39, 0.29) is 15.7 Å². The van der Waals surface area contributed by atoms with Crippen LogP contribution in [0.5, 0.6) is 0 Å². The molecule has 0 N–H and O–H groups in total. The molecule has 0 aliphatic rings. The van der Waals surface area contributed by atoms with Crippen LogP contribution in [0.15, 0.2) is 27.8 Å². The van der Waals surface area contributed by atoms with Crippen molar-refractivity contribution in [3.8, 4) is 0 Å². The maximum absolute atomic E-state index is 12.2. The van der Waals surface area contributed by atoms with E-state index in [0.717, 1.165) is 6.07 Å². The van der Waals surface area contributed by atoms with E-state index in [2.05, 4.69) is 21.1 Å². The lowest BCUT2D eigenvalue weighted by Crippen LogP contribution is -1.84. The van der Waals surface area contributed by atoms with Crippen LogP contribution < -0.4 is 0 Å². The quantitative estimate of drug-likeness (QED) is 0.718. The minimum Gasteiger partial charge on any atom is -0.205 e. The van der Waals surface area contributed by atoms with Crippen molar-refractivity contribution in [3.63, 3.8) is 0 Å². The van der Waals surface area contributed by atoms with Gasteiger partial charge in [0, 0.05) is 10.0 Å². The van der Waals surface area contributed by atoms with Crippen LogP contribution in [0.3, 0.4) is 0 Å². The van der Waals surface area contributed by atoms with Crippen LogP contribution >= 0.6 is 15.9 Å². The van der Waals surface area contributed by atoms with Crippen LogP contribution in [0, 0.1) is 4.91 Å². The van der Waals surface area contributed by atoms with Crippen LogP contribution in [0.1, 0.15) is 12.0 Å². The molecular weight excluding hydrogens is 232 g/mol. The van der Waals surface area contributed by atoms with Crippen LogP contribution in [-0.4, -0.2) is 0 Å². The minimum atomic E-state index is -2.60. The van der Waals surface area contributed by atoms with Gasteiger partial charge in [0.2, 0.25) is 0 Å². The van der Waals surface area contributed by atoms with Gasteiger partial charge in [0.1, 0.15) is 5.69 Å². The van der Waals surface area contributed by atoms with Crippen molar-refractivity contribution in [2.24, 2.45) is 5.18 Å². The van der Waals surface area contributed by atoms with E-state index in [4.69, 9.17) is 0 Å². The summed E-state index contributed by atoms with van der Waals surface area (Å²) >= 11 is 2.94. The van der Waals surface area contributed by atoms with E-state index >= 15 is 0 Å². The highest BCUT2D eigenvalue weighted by molar-refractivity contribution is 9.10. The number of rotatable bonds is 2. The van der Waals surface area contributed by atoms with Gasteiger partial charge in [-0.15, -0.1) is 4.91 Å². The third-order valence-corrected chi connectivity index (χ3v) is 2.04. The molecule has 0 fully saturated rings. The van der Waals surface area contributed by atoms with Crippen molar-refractivity contribution in [2.45, 2.75) is 6.43 Å². The van der Waals surface area contributed by atoms with Crippen LogP contribution in [0.25, 0.3) is 0 Å². The van der Waals surface area contributed by atoms with Gasteiger partial charge in [-0.1, -0.05) is 15.9 Å². The number of nitrogens with zero attached hydrogens (tertiary/aromatic N) is 1. The monoisotopic (exact) mass is 235 g/mol. The molecule has 5 heteroatoms. The summed E-state index contributed by atoms with van der Waals surface area (Å²) < 4.78 is 24.6. The van der Waals surface area contributed by atoms with Crippen LogP contribution in [-0.2, 0) is 0 Å². The first-order chi connectivity index (χ1) is 5.65. The summed E-state index contributed by atoms with van der Waals surface area (Å²) in [5.74, 6) is 0. The highest BCUT2D eigenvalue weighted by Crippen LogP contribution is 2.30. The fourth-order valence-corrected chi connectivity index (χ4v) is 1.17. The Morgan fingerprint density at radius 2 is 2.08 bits per heavy atom. The predicted molar refractivity (Wildman–Crippen MR) is 44.6 cm³/mol. The van der Waals surface area contributed by atoms with Crippen molar-refractivity contribution < 1.29 is 8.78 Å². The molecule has 0 spiro atoms. The molecule has 0 heterocycles. The van der Waals surface area contributed by atoms with Crippen molar-refractivity contribution in [2.75, 3.05) is 0 Å². The van der Waals surface area contributed by atoms with Gasteiger partial charge in [0.05, 0.1) is 0 Å². The van der Waals surface area contributed by atoms with E-state index in [1.807, 2.05) is 0 Å². The van der Waals surface area contributed by atoms with Crippen LogP contribution in [0.4, 0.5) is 14.5 Å². The third-order valence-electron chi connectivity index (χ3n) is 1.32. The Balaban J connectivity index is 3.16. The van der Waals surface area contributed by atoms with E-state index < -0.39 is 6.43 Å². The Labute approximate surface area is 75.7 Å². The van der Waals surface area contributed by atoms with Gasteiger partial charge in [0.25, 0.3) is 6.43 Å². The van der Waals surface area contributed by atoms with Gasteiger partial charge in [-0.05, 0) is 23.4 Å². The predicted octanol–water partition coefficient (Wildman–Crippen LogP) is 3.78. The van der Waals surface area contributed by atoms with Gasteiger partial charge in [-0.25, -0.2) is 8.78 Å². The number of halogens is 3. The Morgan fingerprint density at radius 3 is 2.58 bits per heavy atom. The van der Waals surface area contributed by atoms with Crippen LogP contribution in [0.2, 0.25) is 0 Å². The normalized spacial score (nSPS) is 10.3. The molecule has 0 saturated carbocycles. The number of nitroso groups, excluding NO2 is 1. The van der Waals surface area contributed by atoms with Gasteiger partial charge < -0.3 is 0 Å². The molecule has 0 bridgehead atoms. The summed E-state index contributed by atoms with van der Waals surface area (Å²) in [5, 5.41) is 2.55. The molecule has 64 valence electrons. The highest BCUT2D eigenvalue weighted by atomic mass is 79.9. The van der Waals surface area contributed by atoms with Crippen molar-refractivity contribution in [3.05, 3.63) is 33.1 Å². The first kappa shape index (κ1) is 9.25. The second-order valence-corrected chi connectivity index (χ2v) is 2.95. The number of hydrogen-bond acceptors (Lipinski definition) is 2. The second-order valence-electron chi connectivity index (χ2n) is 2.10. The molecule has 0 aliphatic carbocycles. The maximum Gasteiger partial charge on any atom is 0.265 e. The molecule has 12 heavy (non-hydrogen) atoms. The summed E-state index contributed by atoms with van der Waals surface area (Å²) in [6.07, 6.45) is -2.60. The van der Waals surface area contributed by atoms with E-state index in [1.54, 1.807) is 0 Å². The lowest BCUT2D eigenvalue weighted by atomic mass is 10.2. The number of alkyl halides is 2. The van der Waals surface area contributed by atoms with Gasteiger partial charge in [-0.2, -0.15) is 0 Å². The van der Waals surface area contributed by atoms with Gasteiger partial charge in [0.15, 0.2) is 0 Å². The first-order valence-electron chi connectivity index (χ1n) is 3.06. The number of hydrogen-bond donors (Lipinski definition) is 0. The van der Waals surface area contributed by atoms with Gasteiger partial charge >= 0.3 is 0 Å². The van der Waals surface area contributed by atoms with E-state index in [9.17, 15) is 13.7 Å². The lowest BCUT2D eigenvalue weighted by molar-refractivity contribution is 0.150. The Morgan fingerprint density at radius 1 is 1.42 bits per heavy atom. The second kappa shape index (κ2) is 3.71. The molecule has 0 unspecified atom stereocenters. The fraction of sp³-hybridized carbons (Fsp3) is 0.143. The molecule has 0 atom stereocenters. The standard InChI is InChI=1S/C7H4BrF2NO/c8-6-2-1-4(11-12)3-5(6)7(9)10/h1-3,7H. The maximum atomic E-state index is 12.2. The Hall–Kier alpha value is -0.840. The molecule has 0 aliphatic heterocycles. The van der Waals surface area contributed by atoms with Gasteiger partial charge in [-0.3, -0.25) is 0 Å². The third kappa shape index (κ3) is 1.85. The molecule has 1 aromatic rings. The molecule has 0 saturated heterocycles. The molecule has 1 rings (SSSR count). The summed E-state index contributed by atoms with van der Waals surface area (Å²) in [7, 11) is 0. The molecule has 0 aromatic heterocycles. The van der Waals surface area contributed by atoms with Crippen molar-refractivity contribution in [1.82, 2.24) is 0 Å². The fourth-order valence-electron chi connectivity index (χ4n) is 0.755. The zero-order valence-electron chi connectivity index (χ0n) is 5.80. The molecule has 0 amide bonds. The summed E-state index contributed by atoms with van der Waals surface area (Å²) in [6.45, 7) is 0. The zero-order chi connectivity index (χ0) is 9.14. The Kier molecular flexibility index (Phi) is 2.86. The number of benzene rings is 1. The lowest BCUT2D eigenvalue weighted by Gasteiger charge is -2.01. The largest absolute Gasteiger partial charge is 0.265 e. The molecule has 2 nitrogen and oxygen atoms in total. The smallest absolute Gasteiger partial charge is 0.205 e. The average molecular weight is 236 g/mol. The average Bonchev–Trinajstić information content (AvgIpc) is 2.05. The summed E-state index contributed by atoms with van der Waals surface area (Å²) in [5.41, 5.74) is -0.208. The van der Waals surface area contributed by atoms with Crippen molar-refractivity contribution >= 4 is 21.6 Å². The highest BCUT2D eigenvalue weighted by Gasteiger charge is 2.11. The zero-order valence-corrected chi connectivity index (χ0v) is 7.38. The van der Waals surface area contributed by atoms with E-state index in [0.29, 0.717) is 0 Å². The topological polar surface area (TPSA) is 29.4 Å². The summed E-state index contributed by atoms with van der Waals surface area (Å²) in [4.78, 5) is 9.98. The molecule has 1 aromatic carbocycles.